The second kappa shape index (κ2) is 5.25. The maximum atomic E-state index is 11.7. The second-order valence-electron chi connectivity index (χ2n) is 3.75. The Morgan fingerprint density at radius 2 is 2.29 bits per heavy atom. The topological polar surface area (TPSA) is 59.8 Å². The third-order valence-corrected chi connectivity index (χ3v) is 2.37. The lowest BCUT2D eigenvalue weighted by molar-refractivity contribution is -0.122. The summed E-state index contributed by atoms with van der Waals surface area (Å²) in [6, 6.07) is 7.33. The number of nitrogens with zero attached hydrogens (tertiary/aromatic N) is 3. The SMILES string of the molecule is CC(NC(=O)Cn1cccn1)c1ccccn1. The molecule has 0 bridgehead atoms. The van der Waals surface area contributed by atoms with Gasteiger partial charge in [0, 0.05) is 18.6 Å². The minimum absolute atomic E-state index is 0.0770. The van der Waals surface area contributed by atoms with Crippen LogP contribution in [0.3, 0.4) is 0 Å². The van der Waals surface area contributed by atoms with E-state index in [2.05, 4.69) is 15.4 Å². The Labute approximate surface area is 99.5 Å². The fourth-order valence-electron chi connectivity index (χ4n) is 1.53. The highest BCUT2D eigenvalue weighted by molar-refractivity contribution is 5.76. The van der Waals surface area contributed by atoms with Crippen molar-refractivity contribution < 1.29 is 4.79 Å². The molecule has 0 aliphatic carbocycles. The van der Waals surface area contributed by atoms with E-state index in [1.54, 1.807) is 29.3 Å². The van der Waals surface area contributed by atoms with Crippen LogP contribution in [-0.2, 0) is 11.3 Å². The summed E-state index contributed by atoms with van der Waals surface area (Å²) in [7, 11) is 0. The molecule has 1 atom stereocenters. The van der Waals surface area contributed by atoms with Gasteiger partial charge in [0.05, 0.1) is 11.7 Å². The zero-order valence-electron chi connectivity index (χ0n) is 9.58. The van der Waals surface area contributed by atoms with Crippen molar-refractivity contribution in [3.05, 3.63) is 48.5 Å². The summed E-state index contributed by atoms with van der Waals surface area (Å²) in [6.45, 7) is 2.13. The van der Waals surface area contributed by atoms with Crippen molar-refractivity contribution in [2.75, 3.05) is 0 Å². The normalized spacial score (nSPS) is 12.1. The number of hydrogen-bond donors (Lipinski definition) is 1. The lowest BCUT2D eigenvalue weighted by atomic mass is 10.2. The lowest BCUT2D eigenvalue weighted by Crippen LogP contribution is -2.30. The molecule has 5 heteroatoms. The average molecular weight is 230 g/mol. The first-order chi connectivity index (χ1) is 8.25. The van der Waals surface area contributed by atoms with E-state index in [0.29, 0.717) is 0 Å². The lowest BCUT2D eigenvalue weighted by Gasteiger charge is -2.13. The Hall–Kier alpha value is -2.17. The number of hydrogen-bond acceptors (Lipinski definition) is 3. The van der Waals surface area contributed by atoms with Crippen molar-refractivity contribution >= 4 is 5.91 Å². The Balaban J connectivity index is 1.91. The first kappa shape index (κ1) is 11.3. The van der Waals surface area contributed by atoms with Gasteiger partial charge in [0.1, 0.15) is 6.54 Å². The number of nitrogens with one attached hydrogen (secondary N) is 1. The molecule has 1 N–H and O–H groups in total. The molecule has 17 heavy (non-hydrogen) atoms. The molecule has 0 spiro atoms. The van der Waals surface area contributed by atoms with E-state index in [0.717, 1.165) is 5.69 Å². The molecule has 2 heterocycles. The highest BCUT2D eigenvalue weighted by Crippen LogP contribution is 2.07. The van der Waals surface area contributed by atoms with Crippen molar-refractivity contribution in [3.8, 4) is 0 Å². The van der Waals surface area contributed by atoms with Crippen LogP contribution in [-0.4, -0.2) is 20.7 Å². The zero-order valence-corrected chi connectivity index (χ0v) is 9.58. The molecular weight excluding hydrogens is 216 g/mol. The van der Waals surface area contributed by atoms with Gasteiger partial charge in [0.2, 0.25) is 5.91 Å². The minimum Gasteiger partial charge on any atom is -0.346 e. The molecule has 2 rings (SSSR count). The van der Waals surface area contributed by atoms with Gasteiger partial charge in [-0.3, -0.25) is 14.5 Å². The van der Waals surface area contributed by atoms with Gasteiger partial charge < -0.3 is 5.32 Å². The Bertz CT molecular complexity index is 467. The molecule has 0 aliphatic heterocycles. The van der Waals surface area contributed by atoms with Crippen LogP contribution in [0.1, 0.15) is 18.7 Å². The fraction of sp³-hybridized carbons (Fsp3) is 0.250. The first-order valence-electron chi connectivity index (χ1n) is 5.43. The summed E-state index contributed by atoms with van der Waals surface area (Å²) in [6.07, 6.45) is 5.12. The van der Waals surface area contributed by atoms with E-state index in [1.807, 2.05) is 25.1 Å². The summed E-state index contributed by atoms with van der Waals surface area (Å²) < 4.78 is 1.58. The second-order valence-corrected chi connectivity index (χ2v) is 3.75. The van der Waals surface area contributed by atoms with Gasteiger partial charge >= 0.3 is 0 Å². The monoisotopic (exact) mass is 230 g/mol. The zero-order chi connectivity index (χ0) is 12.1. The molecule has 0 saturated carbocycles. The third-order valence-electron chi connectivity index (χ3n) is 2.37. The summed E-state index contributed by atoms with van der Waals surface area (Å²) in [5.41, 5.74) is 0.848. The molecule has 1 unspecified atom stereocenters. The van der Waals surface area contributed by atoms with E-state index in [-0.39, 0.29) is 18.5 Å². The van der Waals surface area contributed by atoms with Gasteiger partial charge in [0.15, 0.2) is 0 Å². The summed E-state index contributed by atoms with van der Waals surface area (Å²) in [5.74, 6) is -0.0770. The molecule has 88 valence electrons. The highest BCUT2D eigenvalue weighted by atomic mass is 16.2. The summed E-state index contributed by atoms with van der Waals surface area (Å²) in [4.78, 5) is 15.9. The minimum atomic E-state index is -0.0979. The van der Waals surface area contributed by atoms with E-state index in [1.165, 1.54) is 0 Å². The Morgan fingerprint density at radius 1 is 1.41 bits per heavy atom. The molecular formula is C12H14N4O. The van der Waals surface area contributed by atoms with Crippen LogP contribution in [0.25, 0.3) is 0 Å². The molecule has 0 aliphatic rings. The molecule has 2 aromatic heterocycles. The van der Waals surface area contributed by atoms with Crippen molar-refractivity contribution in [2.45, 2.75) is 19.5 Å². The van der Waals surface area contributed by atoms with E-state index >= 15 is 0 Å². The maximum absolute atomic E-state index is 11.7. The van der Waals surface area contributed by atoms with Gasteiger partial charge in [-0.2, -0.15) is 5.10 Å². The van der Waals surface area contributed by atoms with Crippen LogP contribution in [0.2, 0.25) is 0 Å². The number of carbonyl (C=O) groups excluding carboxylic acids is 1. The van der Waals surface area contributed by atoms with Gasteiger partial charge in [-0.15, -0.1) is 0 Å². The molecule has 0 saturated heterocycles. The predicted octanol–water partition coefficient (Wildman–Crippen LogP) is 1.16. The highest BCUT2D eigenvalue weighted by Gasteiger charge is 2.10. The predicted molar refractivity (Wildman–Crippen MR) is 63.0 cm³/mol. The Morgan fingerprint density at radius 3 is 2.94 bits per heavy atom. The average Bonchev–Trinajstić information content (AvgIpc) is 2.82. The van der Waals surface area contributed by atoms with Gasteiger partial charge in [-0.05, 0) is 25.1 Å². The van der Waals surface area contributed by atoms with E-state index < -0.39 is 0 Å². The van der Waals surface area contributed by atoms with Crippen LogP contribution in [0.15, 0.2) is 42.9 Å². The number of carbonyl (C=O) groups is 1. The molecule has 1 amide bonds. The van der Waals surface area contributed by atoms with Crippen molar-refractivity contribution in [1.82, 2.24) is 20.1 Å². The maximum Gasteiger partial charge on any atom is 0.242 e. The number of pyridine rings is 1. The van der Waals surface area contributed by atoms with Crippen LogP contribution in [0.4, 0.5) is 0 Å². The van der Waals surface area contributed by atoms with Gasteiger partial charge in [0.25, 0.3) is 0 Å². The van der Waals surface area contributed by atoms with Gasteiger partial charge in [-0.1, -0.05) is 6.07 Å². The van der Waals surface area contributed by atoms with Crippen molar-refractivity contribution in [1.29, 1.82) is 0 Å². The third kappa shape index (κ3) is 3.14. The quantitative estimate of drug-likeness (QED) is 0.857. The molecule has 0 aromatic carbocycles. The first-order valence-corrected chi connectivity index (χ1v) is 5.43. The number of rotatable bonds is 4. The standard InChI is InChI=1S/C12H14N4O/c1-10(11-5-2-3-6-13-11)15-12(17)9-16-8-4-7-14-16/h2-8,10H,9H2,1H3,(H,15,17). The van der Waals surface area contributed by atoms with Gasteiger partial charge in [-0.25, -0.2) is 0 Å². The smallest absolute Gasteiger partial charge is 0.242 e. The number of aromatic nitrogens is 3. The summed E-state index contributed by atoms with van der Waals surface area (Å²) >= 11 is 0. The van der Waals surface area contributed by atoms with Crippen LogP contribution in [0.5, 0.6) is 0 Å². The molecule has 0 radical (unpaired) electrons. The number of amides is 1. The van der Waals surface area contributed by atoms with Crippen LogP contribution < -0.4 is 5.32 Å². The fourth-order valence-corrected chi connectivity index (χ4v) is 1.53. The van der Waals surface area contributed by atoms with Crippen LogP contribution >= 0.6 is 0 Å². The molecule has 5 nitrogen and oxygen atoms in total. The van der Waals surface area contributed by atoms with E-state index in [4.69, 9.17) is 0 Å². The van der Waals surface area contributed by atoms with E-state index in [9.17, 15) is 4.79 Å². The largest absolute Gasteiger partial charge is 0.346 e. The molecule has 0 fully saturated rings. The van der Waals surface area contributed by atoms with Crippen molar-refractivity contribution in [3.63, 3.8) is 0 Å². The molecule has 2 aromatic rings. The summed E-state index contributed by atoms with van der Waals surface area (Å²) in [5, 5.41) is 6.85. The van der Waals surface area contributed by atoms with Crippen LogP contribution in [0, 0.1) is 0 Å². The Kier molecular flexibility index (Phi) is 3.49. The van der Waals surface area contributed by atoms with Crippen molar-refractivity contribution in [2.24, 2.45) is 0 Å².